The molecule has 1 aliphatic heterocycles. The summed E-state index contributed by atoms with van der Waals surface area (Å²) in [6.07, 6.45) is 0. The Hall–Kier alpha value is -0.230. The van der Waals surface area contributed by atoms with Gasteiger partial charge in [0.15, 0.2) is 0 Å². The van der Waals surface area contributed by atoms with Crippen LogP contribution in [0.2, 0.25) is 15.1 Å². The molecule has 1 fully saturated rings. The lowest BCUT2D eigenvalue weighted by atomic mass is 10.2. The number of hydrogen-bond donors (Lipinski definition) is 2. The zero-order valence-electron chi connectivity index (χ0n) is 11.5. The van der Waals surface area contributed by atoms with Crippen LogP contribution in [0.25, 0.3) is 0 Å². The van der Waals surface area contributed by atoms with Crippen LogP contribution in [0.5, 0.6) is 0 Å². The van der Waals surface area contributed by atoms with E-state index >= 15 is 0 Å². The van der Waals surface area contributed by atoms with Crippen molar-refractivity contribution in [3.63, 3.8) is 0 Å². The van der Waals surface area contributed by atoms with Gasteiger partial charge in [0.2, 0.25) is 5.91 Å². The molecule has 1 atom stereocenters. The van der Waals surface area contributed by atoms with Crippen LogP contribution in [0.1, 0.15) is 6.92 Å². The number of hydrogen-bond acceptors (Lipinski definition) is 3. The summed E-state index contributed by atoms with van der Waals surface area (Å²) in [4.78, 5) is 14.1. The SMILES string of the molecule is CC1CN(CC(=O)Nc2c(Cl)cc(Cl)cc2Cl)CCN1.Cl. The van der Waals surface area contributed by atoms with Crippen molar-refractivity contribution in [2.75, 3.05) is 31.5 Å². The zero-order valence-corrected chi connectivity index (χ0v) is 14.5. The standard InChI is InChI=1S/C13H16Cl3N3O.ClH/c1-8-6-19(3-2-17-8)7-12(20)18-13-10(15)4-9(14)5-11(13)16;/h4-5,8,17H,2-3,6-7H2,1H3,(H,18,20);1H. The Morgan fingerprint density at radius 3 is 2.57 bits per heavy atom. The van der Waals surface area contributed by atoms with Gasteiger partial charge in [0.05, 0.1) is 22.3 Å². The van der Waals surface area contributed by atoms with Crippen LogP contribution in [-0.2, 0) is 4.79 Å². The number of carbonyl (C=O) groups is 1. The molecule has 4 nitrogen and oxygen atoms in total. The number of carbonyl (C=O) groups excluding carboxylic acids is 1. The van der Waals surface area contributed by atoms with Crippen molar-refractivity contribution < 1.29 is 4.79 Å². The molecule has 0 aliphatic carbocycles. The lowest BCUT2D eigenvalue weighted by molar-refractivity contribution is -0.117. The minimum absolute atomic E-state index is 0. The average Bonchev–Trinajstić information content (AvgIpc) is 2.33. The molecular weight excluding hydrogens is 356 g/mol. The summed E-state index contributed by atoms with van der Waals surface area (Å²) in [7, 11) is 0. The number of nitrogens with one attached hydrogen (secondary N) is 2. The fourth-order valence-electron chi connectivity index (χ4n) is 2.20. The molecule has 0 radical (unpaired) electrons. The van der Waals surface area contributed by atoms with Crippen molar-refractivity contribution in [1.82, 2.24) is 10.2 Å². The lowest BCUT2D eigenvalue weighted by Gasteiger charge is -2.31. The van der Waals surface area contributed by atoms with Gasteiger partial charge in [-0.25, -0.2) is 0 Å². The van der Waals surface area contributed by atoms with Crippen LogP contribution < -0.4 is 10.6 Å². The second-order valence-electron chi connectivity index (χ2n) is 4.88. The van der Waals surface area contributed by atoms with Crippen LogP contribution in [0.15, 0.2) is 12.1 Å². The molecule has 0 aromatic heterocycles. The Labute approximate surface area is 145 Å². The summed E-state index contributed by atoms with van der Waals surface area (Å²) in [5.41, 5.74) is 0.408. The molecule has 1 aliphatic rings. The molecule has 2 N–H and O–H groups in total. The molecule has 1 aromatic rings. The smallest absolute Gasteiger partial charge is 0.238 e. The van der Waals surface area contributed by atoms with Gasteiger partial charge in [-0.15, -0.1) is 12.4 Å². The van der Waals surface area contributed by atoms with Gasteiger partial charge >= 0.3 is 0 Å². The number of anilines is 1. The van der Waals surface area contributed by atoms with E-state index in [9.17, 15) is 4.79 Å². The predicted octanol–water partition coefficient (Wildman–Crippen LogP) is 3.30. The predicted molar refractivity (Wildman–Crippen MR) is 91.3 cm³/mol. The molecule has 0 bridgehead atoms. The molecule has 8 heteroatoms. The van der Waals surface area contributed by atoms with E-state index in [1.165, 1.54) is 0 Å². The van der Waals surface area contributed by atoms with Crippen molar-refractivity contribution in [3.8, 4) is 0 Å². The molecule has 0 spiro atoms. The number of rotatable bonds is 3. The number of nitrogens with zero attached hydrogens (tertiary/aromatic N) is 1. The summed E-state index contributed by atoms with van der Waals surface area (Å²) >= 11 is 17.9. The molecular formula is C13H17Cl4N3O. The Morgan fingerprint density at radius 1 is 1.38 bits per heavy atom. The minimum atomic E-state index is -0.134. The highest BCUT2D eigenvalue weighted by molar-refractivity contribution is 6.42. The van der Waals surface area contributed by atoms with Crippen LogP contribution >= 0.6 is 47.2 Å². The van der Waals surface area contributed by atoms with Gasteiger partial charge in [-0.1, -0.05) is 34.8 Å². The van der Waals surface area contributed by atoms with Gasteiger partial charge in [-0.2, -0.15) is 0 Å². The molecule has 2 rings (SSSR count). The topological polar surface area (TPSA) is 44.4 Å². The van der Waals surface area contributed by atoms with Crippen LogP contribution in [0.3, 0.4) is 0 Å². The maximum absolute atomic E-state index is 12.1. The molecule has 1 amide bonds. The zero-order chi connectivity index (χ0) is 14.7. The van der Waals surface area contributed by atoms with Gasteiger partial charge in [-0.05, 0) is 19.1 Å². The summed E-state index contributed by atoms with van der Waals surface area (Å²) in [5, 5.41) is 7.19. The van der Waals surface area contributed by atoms with E-state index in [4.69, 9.17) is 34.8 Å². The third-order valence-electron chi connectivity index (χ3n) is 3.09. The minimum Gasteiger partial charge on any atom is -0.322 e. The summed E-state index contributed by atoms with van der Waals surface area (Å²) in [5.74, 6) is -0.134. The van der Waals surface area contributed by atoms with E-state index in [0.29, 0.717) is 33.3 Å². The fraction of sp³-hybridized carbons (Fsp3) is 0.462. The molecule has 21 heavy (non-hydrogen) atoms. The molecule has 1 saturated heterocycles. The molecule has 0 saturated carbocycles. The number of halogens is 4. The Balaban J connectivity index is 0.00000220. The normalized spacial score (nSPS) is 19.0. The van der Waals surface area contributed by atoms with E-state index < -0.39 is 0 Å². The van der Waals surface area contributed by atoms with Gasteiger partial charge < -0.3 is 10.6 Å². The summed E-state index contributed by atoms with van der Waals surface area (Å²) in [6.45, 7) is 4.99. The maximum Gasteiger partial charge on any atom is 0.238 e. The Morgan fingerprint density at radius 2 is 2.00 bits per heavy atom. The van der Waals surface area contributed by atoms with E-state index in [-0.39, 0.29) is 18.3 Å². The van der Waals surface area contributed by atoms with Gasteiger partial charge in [0.25, 0.3) is 0 Å². The molecule has 1 heterocycles. The summed E-state index contributed by atoms with van der Waals surface area (Å²) < 4.78 is 0. The first kappa shape index (κ1) is 18.8. The number of benzene rings is 1. The van der Waals surface area contributed by atoms with Crippen molar-refractivity contribution in [2.45, 2.75) is 13.0 Å². The van der Waals surface area contributed by atoms with E-state index in [1.807, 2.05) is 0 Å². The third-order valence-corrected chi connectivity index (χ3v) is 3.91. The lowest BCUT2D eigenvalue weighted by Crippen LogP contribution is -2.51. The van der Waals surface area contributed by atoms with Crippen molar-refractivity contribution in [1.29, 1.82) is 0 Å². The Kier molecular flexibility index (Phi) is 7.54. The summed E-state index contributed by atoms with van der Waals surface area (Å²) in [6, 6.07) is 3.49. The number of piperazine rings is 1. The largest absolute Gasteiger partial charge is 0.322 e. The van der Waals surface area contributed by atoms with Crippen LogP contribution in [0.4, 0.5) is 5.69 Å². The monoisotopic (exact) mass is 371 g/mol. The second kappa shape index (κ2) is 8.42. The first-order valence-corrected chi connectivity index (χ1v) is 7.49. The van der Waals surface area contributed by atoms with Crippen molar-refractivity contribution in [2.24, 2.45) is 0 Å². The molecule has 1 unspecified atom stereocenters. The van der Waals surface area contributed by atoms with Crippen molar-refractivity contribution in [3.05, 3.63) is 27.2 Å². The van der Waals surface area contributed by atoms with E-state index in [1.54, 1.807) is 12.1 Å². The quantitative estimate of drug-likeness (QED) is 0.855. The average molecular weight is 373 g/mol. The van der Waals surface area contributed by atoms with Gasteiger partial charge in [0.1, 0.15) is 0 Å². The fourth-order valence-corrected chi connectivity index (χ4v) is 3.11. The maximum atomic E-state index is 12.1. The first-order valence-electron chi connectivity index (χ1n) is 6.36. The van der Waals surface area contributed by atoms with Crippen LogP contribution in [0, 0.1) is 0 Å². The highest BCUT2D eigenvalue weighted by atomic mass is 35.5. The Bertz CT molecular complexity index is 489. The molecule has 1 aromatic carbocycles. The highest BCUT2D eigenvalue weighted by Gasteiger charge is 2.19. The number of amides is 1. The molecule has 118 valence electrons. The van der Waals surface area contributed by atoms with E-state index in [2.05, 4.69) is 22.5 Å². The first-order chi connectivity index (χ1) is 9.45. The second-order valence-corrected chi connectivity index (χ2v) is 6.13. The van der Waals surface area contributed by atoms with Crippen LogP contribution in [-0.4, -0.2) is 43.0 Å². The van der Waals surface area contributed by atoms with E-state index in [0.717, 1.165) is 19.6 Å². The van der Waals surface area contributed by atoms with Crippen molar-refractivity contribution >= 4 is 58.8 Å². The van der Waals surface area contributed by atoms with Gasteiger partial charge in [0, 0.05) is 30.7 Å². The van der Waals surface area contributed by atoms with Gasteiger partial charge in [-0.3, -0.25) is 9.69 Å². The highest BCUT2D eigenvalue weighted by Crippen LogP contribution is 2.33. The third kappa shape index (κ3) is 5.47.